The van der Waals surface area contributed by atoms with Gasteiger partial charge in [-0.25, -0.2) is 0 Å². The van der Waals surface area contributed by atoms with Crippen LogP contribution >= 0.6 is 0 Å². The third kappa shape index (κ3) is 1.59. The molecular formula is C13H14N2O3. The fourth-order valence-corrected chi connectivity index (χ4v) is 2.27. The normalized spacial score (nSPS) is 19.1. The summed E-state index contributed by atoms with van der Waals surface area (Å²) in [6.45, 7) is 0. The highest BCUT2D eigenvalue weighted by Crippen LogP contribution is 2.42. The number of carbonyl (C=O) groups is 1. The van der Waals surface area contributed by atoms with E-state index >= 15 is 0 Å². The molecule has 0 aromatic heterocycles. The van der Waals surface area contributed by atoms with Crippen molar-refractivity contribution in [2.75, 3.05) is 19.4 Å². The Morgan fingerprint density at radius 2 is 2.11 bits per heavy atom. The molecule has 0 bridgehead atoms. The predicted molar refractivity (Wildman–Crippen MR) is 66.6 cm³/mol. The zero-order chi connectivity index (χ0) is 12.7. The molecule has 1 atom stereocenters. The largest absolute Gasteiger partial charge is 0.458 e. The molecule has 5 heteroatoms. The van der Waals surface area contributed by atoms with Crippen molar-refractivity contribution >= 4 is 11.6 Å². The van der Waals surface area contributed by atoms with Gasteiger partial charge in [-0.3, -0.25) is 4.79 Å². The SMILES string of the molecule is CN(C)C(=O)C1Cc2c(ccc3c2OC=CO3)N1. The Morgan fingerprint density at radius 1 is 1.33 bits per heavy atom. The third-order valence-corrected chi connectivity index (χ3v) is 3.14. The number of likely N-dealkylation sites (N-methyl/N-ethyl adjacent to an activating group) is 1. The van der Waals surface area contributed by atoms with Gasteiger partial charge in [-0.05, 0) is 12.1 Å². The lowest BCUT2D eigenvalue weighted by Gasteiger charge is -2.16. The number of benzene rings is 1. The van der Waals surface area contributed by atoms with E-state index in [2.05, 4.69) is 5.32 Å². The number of nitrogens with zero attached hydrogens (tertiary/aromatic N) is 1. The highest BCUT2D eigenvalue weighted by Gasteiger charge is 2.32. The smallest absolute Gasteiger partial charge is 0.244 e. The van der Waals surface area contributed by atoms with E-state index in [4.69, 9.17) is 9.47 Å². The summed E-state index contributed by atoms with van der Waals surface area (Å²) in [6, 6.07) is 3.53. The number of hydrogen-bond donors (Lipinski definition) is 1. The van der Waals surface area contributed by atoms with Gasteiger partial charge in [0.25, 0.3) is 0 Å². The first-order chi connectivity index (χ1) is 8.66. The lowest BCUT2D eigenvalue weighted by molar-refractivity contribution is -0.129. The topological polar surface area (TPSA) is 50.8 Å². The quantitative estimate of drug-likeness (QED) is 0.812. The fourth-order valence-electron chi connectivity index (χ4n) is 2.27. The van der Waals surface area contributed by atoms with Crippen molar-refractivity contribution < 1.29 is 14.3 Å². The number of anilines is 1. The van der Waals surface area contributed by atoms with Gasteiger partial charge in [-0.15, -0.1) is 0 Å². The van der Waals surface area contributed by atoms with E-state index in [9.17, 15) is 4.79 Å². The number of carbonyl (C=O) groups excluding carboxylic acids is 1. The first-order valence-electron chi connectivity index (χ1n) is 5.78. The average molecular weight is 246 g/mol. The van der Waals surface area contributed by atoms with Crippen LogP contribution in [0.5, 0.6) is 11.5 Å². The maximum atomic E-state index is 12.0. The van der Waals surface area contributed by atoms with Crippen molar-refractivity contribution in [3.63, 3.8) is 0 Å². The van der Waals surface area contributed by atoms with Crippen molar-refractivity contribution in [1.82, 2.24) is 4.90 Å². The lowest BCUT2D eigenvalue weighted by atomic mass is 10.1. The molecule has 1 unspecified atom stereocenters. The molecule has 1 aromatic carbocycles. The van der Waals surface area contributed by atoms with Gasteiger partial charge in [0, 0.05) is 31.8 Å². The monoisotopic (exact) mass is 246 g/mol. The van der Waals surface area contributed by atoms with Crippen LogP contribution in [-0.2, 0) is 11.2 Å². The Kier molecular flexibility index (Phi) is 2.40. The van der Waals surface area contributed by atoms with E-state index in [1.807, 2.05) is 12.1 Å². The van der Waals surface area contributed by atoms with Crippen molar-refractivity contribution in [3.8, 4) is 11.5 Å². The Balaban J connectivity index is 1.92. The minimum Gasteiger partial charge on any atom is -0.458 e. The number of fused-ring (bicyclic) bond motifs is 3. The highest BCUT2D eigenvalue weighted by atomic mass is 16.5. The molecule has 1 amide bonds. The molecule has 2 heterocycles. The number of ether oxygens (including phenoxy) is 2. The van der Waals surface area contributed by atoms with Crippen LogP contribution < -0.4 is 14.8 Å². The average Bonchev–Trinajstić information content (AvgIpc) is 2.81. The standard InChI is InChI=1S/C13H14N2O3/c1-15(2)13(16)10-7-8-9(14-10)3-4-11-12(8)18-6-5-17-11/h3-6,10,14H,7H2,1-2H3. The van der Waals surface area contributed by atoms with Crippen molar-refractivity contribution in [2.45, 2.75) is 12.5 Å². The fraction of sp³-hybridized carbons (Fsp3) is 0.308. The van der Waals surface area contributed by atoms with Crippen LogP contribution in [0.4, 0.5) is 5.69 Å². The summed E-state index contributed by atoms with van der Waals surface area (Å²) < 4.78 is 10.8. The van der Waals surface area contributed by atoms with Crippen LogP contribution in [0.25, 0.3) is 0 Å². The number of hydrogen-bond acceptors (Lipinski definition) is 4. The second kappa shape index (κ2) is 3.94. The summed E-state index contributed by atoms with van der Waals surface area (Å²) in [7, 11) is 3.51. The predicted octanol–water partition coefficient (Wildman–Crippen LogP) is 1.35. The van der Waals surface area contributed by atoms with E-state index in [1.165, 1.54) is 12.5 Å². The zero-order valence-corrected chi connectivity index (χ0v) is 10.3. The summed E-state index contributed by atoms with van der Waals surface area (Å²) >= 11 is 0. The molecule has 0 aliphatic carbocycles. The first kappa shape index (κ1) is 11.0. The van der Waals surface area contributed by atoms with Gasteiger partial charge in [-0.2, -0.15) is 0 Å². The van der Waals surface area contributed by atoms with Gasteiger partial charge in [0.2, 0.25) is 5.91 Å². The molecule has 0 saturated carbocycles. The summed E-state index contributed by atoms with van der Waals surface area (Å²) in [5.74, 6) is 1.46. The zero-order valence-electron chi connectivity index (χ0n) is 10.3. The molecule has 94 valence electrons. The molecule has 2 aliphatic rings. The second-order valence-electron chi connectivity index (χ2n) is 4.56. The van der Waals surface area contributed by atoms with Gasteiger partial charge in [-0.1, -0.05) is 0 Å². The van der Waals surface area contributed by atoms with Gasteiger partial charge in [0.05, 0.1) is 0 Å². The number of rotatable bonds is 1. The molecule has 0 saturated heterocycles. The molecule has 0 spiro atoms. The van der Waals surface area contributed by atoms with Gasteiger partial charge in [0.1, 0.15) is 18.6 Å². The second-order valence-corrected chi connectivity index (χ2v) is 4.56. The van der Waals surface area contributed by atoms with Crippen LogP contribution in [0.15, 0.2) is 24.7 Å². The lowest BCUT2D eigenvalue weighted by Crippen LogP contribution is -2.37. The minimum absolute atomic E-state index is 0.0622. The molecule has 1 aromatic rings. The number of nitrogens with one attached hydrogen (secondary N) is 1. The van der Waals surface area contributed by atoms with Crippen molar-refractivity contribution in [2.24, 2.45) is 0 Å². The van der Waals surface area contributed by atoms with Crippen LogP contribution in [0, 0.1) is 0 Å². The molecule has 2 aliphatic heterocycles. The third-order valence-electron chi connectivity index (χ3n) is 3.14. The maximum absolute atomic E-state index is 12.0. The van der Waals surface area contributed by atoms with E-state index in [1.54, 1.807) is 19.0 Å². The molecule has 5 nitrogen and oxygen atoms in total. The summed E-state index contributed by atoms with van der Waals surface area (Å²) in [6.07, 6.45) is 3.62. The van der Waals surface area contributed by atoms with Crippen LogP contribution in [-0.4, -0.2) is 30.9 Å². The molecule has 0 radical (unpaired) electrons. The highest BCUT2D eigenvalue weighted by molar-refractivity contribution is 5.88. The summed E-state index contributed by atoms with van der Waals surface area (Å²) in [5.41, 5.74) is 1.94. The molecule has 3 rings (SSSR count). The van der Waals surface area contributed by atoms with E-state index in [0.717, 1.165) is 11.3 Å². The van der Waals surface area contributed by atoms with E-state index in [0.29, 0.717) is 17.9 Å². The Morgan fingerprint density at radius 3 is 2.89 bits per heavy atom. The van der Waals surface area contributed by atoms with E-state index in [-0.39, 0.29) is 11.9 Å². The van der Waals surface area contributed by atoms with Crippen molar-refractivity contribution in [1.29, 1.82) is 0 Å². The molecule has 1 N–H and O–H groups in total. The Labute approximate surface area is 105 Å². The van der Waals surface area contributed by atoms with Crippen LogP contribution in [0.1, 0.15) is 5.56 Å². The van der Waals surface area contributed by atoms with Gasteiger partial charge in [0.15, 0.2) is 11.5 Å². The van der Waals surface area contributed by atoms with Gasteiger partial charge >= 0.3 is 0 Å². The van der Waals surface area contributed by atoms with Gasteiger partial charge < -0.3 is 19.7 Å². The van der Waals surface area contributed by atoms with E-state index < -0.39 is 0 Å². The Bertz CT molecular complexity index is 537. The molecule has 0 fully saturated rings. The minimum atomic E-state index is -0.226. The first-order valence-corrected chi connectivity index (χ1v) is 5.78. The number of amides is 1. The maximum Gasteiger partial charge on any atom is 0.244 e. The molecule has 18 heavy (non-hydrogen) atoms. The van der Waals surface area contributed by atoms with Crippen LogP contribution in [0.3, 0.4) is 0 Å². The Hall–Kier alpha value is -2.17. The summed E-state index contributed by atoms with van der Waals surface area (Å²) in [4.78, 5) is 13.5. The molecular weight excluding hydrogens is 232 g/mol. The van der Waals surface area contributed by atoms with Crippen LogP contribution in [0.2, 0.25) is 0 Å². The van der Waals surface area contributed by atoms with Crippen molar-refractivity contribution in [3.05, 3.63) is 30.2 Å². The summed E-state index contributed by atoms with van der Waals surface area (Å²) in [5, 5.41) is 3.21.